The van der Waals surface area contributed by atoms with E-state index in [2.05, 4.69) is 25.1 Å². The van der Waals surface area contributed by atoms with Crippen LogP contribution in [0, 0.1) is 0 Å². The molecule has 1 aromatic carbocycles. The standard InChI is InChI=1S/C22H19F3N6O/c1-32-20-9-8-19(28-29-20)31-18-7-4-14(22(23,24)25)12-17(18)27-21(31)16-6-5-15(13-26-16)30-10-2-3-11-30/h4-9,12-13H,2-3,10-11H2,1H3. The number of imidazole rings is 1. The summed E-state index contributed by atoms with van der Waals surface area (Å²) in [6.45, 7) is 1.97. The van der Waals surface area contributed by atoms with Crippen molar-refractivity contribution in [2.24, 2.45) is 0 Å². The molecule has 0 amide bonds. The van der Waals surface area contributed by atoms with Crippen LogP contribution in [0.3, 0.4) is 0 Å². The first-order valence-corrected chi connectivity index (χ1v) is 10.1. The third-order valence-corrected chi connectivity index (χ3v) is 5.49. The van der Waals surface area contributed by atoms with Crippen molar-refractivity contribution in [1.82, 2.24) is 24.7 Å². The van der Waals surface area contributed by atoms with Gasteiger partial charge < -0.3 is 9.64 Å². The third kappa shape index (κ3) is 3.61. The van der Waals surface area contributed by atoms with Crippen LogP contribution in [-0.4, -0.2) is 44.9 Å². The normalized spacial score (nSPS) is 14.3. The molecule has 164 valence electrons. The van der Waals surface area contributed by atoms with Gasteiger partial charge >= 0.3 is 6.18 Å². The summed E-state index contributed by atoms with van der Waals surface area (Å²) in [6.07, 6.45) is -0.399. The Kier molecular flexibility index (Phi) is 4.91. The number of hydrogen-bond acceptors (Lipinski definition) is 6. The van der Waals surface area contributed by atoms with Crippen molar-refractivity contribution in [2.75, 3.05) is 25.1 Å². The highest BCUT2D eigenvalue weighted by molar-refractivity contribution is 5.83. The molecule has 1 fully saturated rings. The number of fused-ring (bicyclic) bond motifs is 1. The molecule has 32 heavy (non-hydrogen) atoms. The fourth-order valence-electron chi connectivity index (χ4n) is 3.88. The number of benzene rings is 1. The molecule has 1 aliphatic heterocycles. The summed E-state index contributed by atoms with van der Waals surface area (Å²) in [5.74, 6) is 1.10. The van der Waals surface area contributed by atoms with E-state index in [9.17, 15) is 13.2 Å². The van der Waals surface area contributed by atoms with Crippen LogP contribution >= 0.6 is 0 Å². The molecule has 0 spiro atoms. The second kappa shape index (κ2) is 7.77. The number of aromatic nitrogens is 5. The number of pyridine rings is 1. The highest BCUT2D eigenvalue weighted by Crippen LogP contribution is 2.34. The fourth-order valence-corrected chi connectivity index (χ4v) is 3.88. The zero-order valence-corrected chi connectivity index (χ0v) is 17.2. The zero-order chi connectivity index (χ0) is 22.3. The molecule has 3 aromatic heterocycles. The van der Waals surface area contributed by atoms with Gasteiger partial charge in [0, 0.05) is 19.2 Å². The lowest BCUT2D eigenvalue weighted by Crippen LogP contribution is -2.17. The SMILES string of the molecule is COc1ccc(-n2c(-c3ccc(N4CCCC4)cn3)nc3cc(C(F)(F)F)ccc32)nn1. The summed E-state index contributed by atoms with van der Waals surface area (Å²) in [4.78, 5) is 11.3. The second-order valence-corrected chi connectivity index (χ2v) is 7.50. The van der Waals surface area contributed by atoms with Gasteiger partial charge in [0.1, 0.15) is 5.69 Å². The molecule has 0 saturated carbocycles. The first-order chi connectivity index (χ1) is 15.4. The van der Waals surface area contributed by atoms with Crippen LogP contribution in [0.4, 0.5) is 18.9 Å². The van der Waals surface area contributed by atoms with Crippen LogP contribution in [0.25, 0.3) is 28.4 Å². The van der Waals surface area contributed by atoms with Crippen molar-refractivity contribution in [1.29, 1.82) is 0 Å². The van der Waals surface area contributed by atoms with Crippen LogP contribution in [0.1, 0.15) is 18.4 Å². The lowest BCUT2D eigenvalue weighted by Gasteiger charge is -2.17. The second-order valence-electron chi connectivity index (χ2n) is 7.50. The van der Waals surface area contributed by atoms with Gasteiger partial charge in [0.25, 0.3) is 0 Å². The van der Waals surface area contributed by atoms with E-state index >= 15 is 0 Å². The maximum atomic E-state index is 13.3. The molecule has 0 aliphatic carbocycles. The van der Waals surface area contributed by atoms with E-state index in [1.54, 1.807) is 22.9 Å². The number of nitrogens with zero attached hydrogens (tertiary/aromatic N) is 6. The number of anilines is 1. The molecule has 0 unspecified atom stereocenters. The Morgan fingerprint density at radius 1 is 0.969 bits per heavy atom. The lowest BCUT2D eigenvalue weighted by atomic mass is 10.2. The third-order valence-electron chi connectivity index (χ3n) is 5.49. The molecule has 5 rings (SSSR count). The van der Waals surface area contributed by atoms with E-state index < -0.39 is 11.7 Å². The number of ether oxygens (including phenoxy) is 1. The van der Waals surface area contributed by atoms with E-state index in [0.29, 0.717) is 28.7 Å². The summed E-state index contributed by atoms with van der Waals surface area (Å²) in [5.41, 5.74) is 1.43. The van der Waals surface area contributed by atoms with E-state index in [1.807, 2.05) is 12.1 Å². The van der Waals surface area contributed by atoms with Crippen LogP contribution < -0.4 is 9.64 Å². The van der Waals surface area contributed by atoms with Crippen LogP contribution in [0.2, 0.25) is 0 Å². The summed E-state index contributed by atoms with van der Waals surface area (Å²) < 4.78 is 46.5. The van der Waals surface area contributed by atoms with Gasteiger partial charge in [0.15, 0.2) is 11.6 Å². The molecule has 0 bridgehead atoms. The van der Waals surface area contributed by atoms with Gasteiger partial charge in [0.05, 0.1) is 35.6 Å². The maximum Gasteiger partial charge on any atom is 0.416 e. The summed E-state index contributed by atoms with van der Waals surface area (Å²) in [6, 6.07) is 10.5. The number of methoxy groups -OCH3 is 1. The summed E-state index contributed by atoms with van der Waals surface area (Å²) in [5, 5.41) is 8.16. The number of alkyl halides is 3. The molecule has 0 atom stereocenters. The smallest absolute Gasteiger partial charge is 0.416 e. The largest absolute Gasteiger partial charge is 0.480 e. The van der Waals surface area contributed by atoms with Crippen molar-refractivity contribution in [2.45, 2.75) is 19.0 Å². The van der Waals surface area contributed by atoms with Crippen molar-refractivity contribution in [3.8, 4) is 23.2 Å². The molecular weight excluding hydrogens is 421 g/mol. The van der Waals surface area contributed by atoms with Crippen molar-refractivity contribution in [3.63, 3.8) is 0 Å². The average molecular weight is 440 g/mol. The van der Waals surface area contributed by atoms with Crippen LogP contribution in [0.15, 0.2) is 48.7 Å². The Bertz CT molecular complexity index is 1250. The van der Waals surface area contributed by atoms with Crippen molar-refractivity contribution in [3.05, 3.63) is 54.2 Å². The minimum absolute atomic E-state index is 0.192. The average Bonchev–Trinajstić information content (AvgIpc) is 3.46. The van der Waals surface area contributed by atoms with Gasteiger partial charge in [-0.25, -0.2) is 4.98 Å². The Morgan fingerprint density at radius 2 is 1.78 bits per heavy atom. The van der Waals surface area contributed by atoms with E-state index in [-0.39, 0.29) is 5.52 Å². The highest BCUT2D eigenvalue weighted by Gasteiger charge is 2.31. The first-order valence-electron chi connectivity index (χ1n) is 10.1. The van der Waals surface area contributed by atoms with E-state index in [0.717, 1.165) is 43.8 Å². The molecule has 0 radical (unpaired) electrons. The van der Waals surface area contributed by atoms with Crippen molar-refractivity contribution >= 4 is 16.7 Å². The number of rotatable bonds is 4. The summed E-state index contributed by atoms with van der Waals surface area (Å²) in [7, 11) is 1.48. The molecule has 1 aliphatic rings. The van der Waals surface area contributed by atoms with E-state index in [1.165, 1.54) is 13.2 Å². The lowest BCUT2D eigenvalue weighted by molar-refractivity contribution is -0.137. The highest BCUT2D eigenvalue weighted by atomic mass is 19.4. The monoisotopic (exact) mass is 440 g/mol. The van der Waals surface area contributed by atoms with Gasteiger partial charge in [0.2, 0.25) is 5.88 Å². The molecule has 4 heterocycles. The van der Waals surface area contributed by atoms with Gasteiger partial charge in [-0.05, 0) is 49.2 Å². The fraction of sp³-hybridized carbons (Fsp3) is 0.273. The topological polar surface area (TPSA) is 69.0 Å². The molecular formula is C22H19F3N6O. The van der Waals surface area contributed by atoms with Crippen molar-refractivity contribution < 1.29 is 17.9 Å². The number of halogens is 3. The first kappa shape index (κ1) is 20.2. The van der Waals surface area contributed by atoms with Crippen LogP contribution in [0.5, 0.6) is 5.88 Å². The van der Waals surface area contributed by atoms with Gasteiger partial charge in [-0.3, -0.25) is 9.55 Å². The molecule has 4 aromatic rings. The Labute approximate surface area is 181 Å². The van der Waals surface area contributed by atoms with Crippen LogP contribution in [-0.2, 0) is 6.18 Å². The predicted molar refractivity (Wildman–Crippen MR) is 113 cm³/mol. The van der Waals surface area contributed by atoms with Gasteiger partial charge in [-0.1, -0.05) is 0 Å². The van der Waals surface area contributed by atoms with E-state index in [4.69, 9.17) is 4.74 Å². The zero-order valence-electron chi connectivity index (χ0n) is 17.2. The Morgan fingerprint density at radius 3 is 2.41 bits per heavy atom. The minimum Gasteiger partial charge on any atom is -0.480 e. The predicted octanol–water partition coefficient (Wildman–Crippen LogP) is 4.51. The Balaban J connectivity index is 1.65. The molecule has 7 nitrogen and oxygen atoms in total. The molecule has 1 saturated heterocycles. The van der Waals surface area contributed by atoms with Gasteiger partial charge in [-0.15, -0.1) is 10.2 Å². The van der Waals surface area contributed by atoms with Gasteiger partial charge in [-0.2, -0.15) is 13.2 Å². The maximum absolute atomic E-state index is 13.3. The minimum atomic E-state index is -4.46. The summed E-state index contributed by atoms with van der Waals surface area (Å²) >= 11 is 0. The number of hydrogen-bond donors (Lipinski definition) is 0. The molecule has 10 heteroatoms. The molecule has 0 N–H and O–H groups in total. The quantitative estimate of drug-likeness (QED) is 0.465. The Hall–Kier alpha value is -3.69.